The van der Waals surface area contributed by atoms with Crippen LogP contribution in [0.3, 0.4) is 0 Å². The first-order valence-corrected chi connectivity index (χ1v) is 3.90. The third-order valence-electron chi connectivity index (χ3n) is 1.84. The maximum absolute atomic E-state index is 9.19. The van der Waals surface area contributed by atoms with Gasteiger partial charge in [-0.25, -0.2) is 0 Å². The summed E-state index contributed by atoms with van der Waals surface area (Å²) in [7, 11) is 0. The molecule has 0 heterocycles. The Bertz CT molecular complexity index is 243. The predicted octanol–water partition coefficient (Wildman–Crippen LogP) is 0.649. The van der Waals surface area contributed by atoms with Crippen molar-refractivity contribution in [1.29, 1.82) is 0 Å². The smallest absolute Gasteiger partial charge is 0.0704 e. The van der Waals surface area contributed by atoms with E-state index in [9.17, 15) is 5.11 Å². The predicted molar refractivity (Wildman–Crippen MR) is 49.5 cm³/mol. The Hall–Kier alpha value is -1.06. The van der Waals surface area contributed by atoms with Crippen molar-refractivity contribution in [2.24, 2.45) is 5.73 Å². The van der Waals surface area contributed by atoms with Crippen LogP contribution in [0, 0.1) is 0 Å². The fraction of sp³-hybridized carbons (Fsp3) is 0.333. The van der Waals surface area contributed by atoms with Crippen molar-refractivity contribution in [2.45, 2.75) is 19.1 Å². The van der Waals surface area contributed by atoms with Gasteiger partial charge in [-0.05, 0) is 24.6 Å². The molecule has 0 aliphatic heterocycles. The summed E-state index contributed by atoms with van der Waals surface area (Å²) in [6.45, 7) is 1.67. The molecule has 0 amide bonds. The lowest BCUT2D eigenvalue weighted by molar-refractivity contribution is 0.164. The molecule has 0 saturated carbocycles. The molecule has 0 radical (unpaired) electrons. The van der Waals surface area contributed by atoms with E-state index in [-0.39, 0.29) is 6.04 Å². The summed E-state index contributed by atoms with van der Waals surface area (Å²) in [5, 5.41) is 9.19. The van der Waals surface area contributed by atoms with Gasteiger partial charge >= 0.3 is 0 Å². The standard InChI is InChI=1S/C9H14N2O/c1-6(12)9(11)7-2-4-8(10)5-3-7/h2-6,9,12H,10-11H2,1H3/t6-,9-/m0/s1. The molecular formula is C9H14N2O. The molecule has 12 heavy (non-hydrogen) atoms. The third-order valence-corrected chi connectivity index (χ3v) is 1.84. The second-order valence-electron chi connectivity index (χ2n) is 2.93. The number of aliphatic hydroxyl groups excluding tert-OH is 1. The van der Waals surface area contributed by atoms with E-state index < -0.39 is 6.10 Å². The number of nitrogens with two attached hydrogens (primary N) is 2. The minimum atomic E-state index is -0.534. The van der Waals surface area contributed by atoms with Crippen LogP contribution in [0.2, 0.25) is 0 Å². The highest BCUT2D eigenvalue weighted by Gasteiger charge is 2.10. The molecule has 1 aromatic carbocycles. The average Bonchev–Trinajstić information content (AvgIpc) is 2.04. The van der Waals surface area contributed by atoms with Gasteiger partial charge in [-0.2, -0.15) is 0 Å². The summed E-state index contributed by atoms with van der Waals surface area (Å²) in [5.41, 5.74) is 12.8. The zero-order valence-corrected chi connectivity index (χ0v) is 7.07. The van der Waals surface area contributed by atoms with Gasteiger partial charge in [0.15, 0.2) is 0 Å². The van der Waals surface area contributed by atoms with Crippen molar-refractivity contribution < 1.29 is 5.11 Å². The Kier molecular flexibility index (Phi) is 2.68. The average molecular weight is 166 g/mol. The molecule has 3 nitrogen and oxygen atoms in total. The summed E-state index contributed by atoms with van der Waals surface area (Å²) >= 11 is 0. The van der Waals surface area contributed by atoms with Crippen molar-refractivity contribution >= 4 is 5.69 Å². The number of rotatable bonds is 2. The molecular weight excluding hydrogens is 152 g/mol. The Morgan fingerprint density at radius 1 is 1.25 bits per heavy atom. The summed E-state index contributed by atoms with van der Waals surface area (Å²) < 4.78 is 0. The Morgan fingerprint density at radius 2 is 1.75 bits per heavy atom. The first-order chi connectivity index (χ1) is 5.61. The highest BCUT2D eigenvalue weighted by atomic mass is 16.3. The molecule has 1 rings (SSSR count). The molecule has 5 N–H and O–H groups in total. The molecule has 0 bridgehead atoms. The van der Waals surface area contributed by atoms with Crippen molar-refractivity contribution in [3.63, 3.8) is 0 Å². The number of benzene rings is 1. The van der Waals surface area contributed by atoms with E-state index in [0.717, 1.165) is 5.56 Å². The summed E-state index contributed by atoms with van der Waals surface area (Å²) in [4.78, 5) is 0. The second kappa shape index (κ2) is 3.56. The van der Waals surface area contributed by atoms with Crippen molar-refractivity contribution in [1.82, 2.24) is 0 Å². The van der Waals surface area contributed by atoms with E-state index in [1.165, 1.54) is 0 Å². The molecule has 0 aliphatic rings. The normalized spacial score (nSPS) is 15.6. The molecule has 66 valence electrons. The number of hydrogen-bond donors (Lipinski definition) is 3. The van der Waals surface area contributed by atoms with Crippen LogP contribution in [-0.2, 0) is 0 Å². The lowest BCUT2D eigenvalue weighted by Gasteiger charge is -2.14. The first-order valence-electron chi connectivity index (χ1n) is 3.90. The van der Waals surface area contributed by atoms with E-state index in [1.54, 1.807) is 19.1 Å². The van der Waals surface area contributed by atoms with Gasteiger partial charge in [-0.1, -0.05) is 12.1 Å². The van der Waals surface area contributed by atoms with Crippen molar-refractivity contribution in [3.8, 4) is 0 Å². The second-order valence-corrected chi connectivity index (χ2v) is 2.93. The molecule has 1 aromatic rings. The van der Waals surface area contributed by atoms with Crippen LogP contribution in [0.15, 0.2) is 24.3 Å². The van der Waals surface area contributed by atoms with Gasteiger partial charge in [0.1, 0.15) is 0 Å². The Morgan fingerprint density at radius 3 is 2.17 bits per heavy atom. The fourth-order valence-electron chi connectivity index (χ4n) is 0.997. The third kappa shape index (κ3) is 1.96. The van der Waals surface area contributed by atoms with Crippen LogP contribution in [0.4, 0.5) is 5.69 Å². The molecule has 0 saturated heterocycles. The molecule has 0 aliphatic carbocycles. The maximum Gasteiger partial charge on any atom is 0.0704 e. The summed E-state index contributed by atoms with van der Waals surface area (Å²) in [6, 6.07) is 6.87. The number of hydrogen-bond acceptors (Lipinski definition) is 3. The van der Waals surface area contributed by atoms with Gasteiger partial charge in [0.05, 0.1) is 12.1 Å². The minimum Gasteiger partial charge on any atom is -0.399 e. The number of aliphatic hydroxyl groups is 1. The lowest BCUT2D eigenvalue weighted by Crippen LogP contribution is -2.22. The molecule has 0 spiro atoms. The van der Waals surface area contributed by atoms with E-state index in [4.69, 9.17) is 11.5 Å². The highest BCUT2D eigenvalue weighted by molar-refractivity contribution is 5.40. The SMILES string of the molecule is C[C@H](O)[C@H](N)c1ccc(N)cc1. The molecule has 0 unspecified atom stereocenters. The van der Waals surface area contributed by atoms with Crippen molar-refractivity contribution in [3.05, 3.63) is 29.8 Å². The molecule has 3 heteroatoms. The van der Waals surface area contributed by atoms with Crippen LogP contribution < -0.4 is 11.5 Å². The van der Waals surface area contributed by atoms with Gasteiger partial charge in [-0.3, -0.25) is 0 Å². The van der Waals surface area contributed by atoms with Crippen LogP contribution in [0.25, 0.3) is 0 Å². The van der Waals surface area contributed by atoms with E-state index in [1.807, 2.05) is 12.1 Å². The van der Waals surface area contributed by atoms with Crippen LogP contribution in [-0.4, -0.2) is 11.2 Å². The topological polar surface area (TPSA) is 72.3 Å². The van der Waals surface area contributed by atoms with E-state index in [0.29, 0.717) is 5.69 Å². The first kappa shape index (κ1) is 9.03. The largest absolute Gasteiger partial charge is 0.399 e. The van der Waals surface area contributed by atoms with Crippen LogP contribution in [0.1, 0.15) is 18.5 Å². The van der Waals surface area contributed by atoms with Gasteiger partial charge in [0, 0.05) is 5.69 Å². The zero-order chi connectivity index (χ0) is 9.14. The van der Waals surface area contributed by atoms with Gasteiger partial charge < -0.3 is 16.6 Å². The fourth-order valence-corrected chi connectivity index (χ4v) is 0.997. The van der Waals surface area contributed by atoms with E-state index in [2.05, 4.69) is 0 Å². The maximum atomic E-state index is 9.19. The quantitative estimate of drug-likeness (QED) is 0.565. The Balaban J connectivity index is 2.82. The van der Waals surface area contributed by atoms with Gasteiger partial charge in [-0.15, -0.1) is 0 Å². The highest BCUT2D eigenvalue weighted by Crippen LogP contribution is 2.15. The van der Waals surface area contributed by atoms with Crippen LogP contribution >= 0.6 is 0 Å². The number of nitrogen functional groups attached to an aromatic ring is 1. The summed E-state index contributed by atoms with van der Waals surface area (Å²) in [5.74, 6) is 0. The zero-order valence-electron chi connectivity index (χ0n) is 7.07. The minimum absolute atomic E-state index is 0.328. The monoisotopic (exact) mass is 166 g/mol. The molecule has 0 aromatic heterocycles. The number of anilines is 1. The van der Waals surface area contributed by atoms with E-state index >= 15 is 0 Å². The van der Waals surface area contributed by atoms with Gasteiger partial charge in [0.25, 0.3) is 0 Å². The van der Waals surface area contributed by atoms with Gasteiger partial charge in [0.2, 0.25) is 0 Å². The lowest BCUT2D eigenvalue weighted by atomic mass is 10.0. The van der Waals surface area contributed by atoms with Crippen LogP contribution in [0.5, 0.6) is 0 Å². The molecule has 2 atom stereocenters. The van der Waals surface area contributed by atoms with Crippen molar-refractivity contribution in [2.75, 3.05) is 5.73 Å². The summed E-state index contributed by atoms with van der Waals surface area (Å²) in [6.07, 6.45) is -0.534. The Labute approximate surface area is 72.0 Å². The molecule has 0 fully saturated rings.